The van der Waals surface area contributed by atoms with Crippen molar-refractivity contribution in [2.45, 2.75) is 0 Å². The first-order chi connectivity index (χ1) is 12.4. The summed E-state index contributed by atoms with van der Waals surface area (Å²) in [6, 6.07) is 29.3. The number of fused-ring (bicyclic) bond motifs is 3. The van der Waals surface area contributed by atoms with E-state index in [4.69, 9.17) is 4.98 Å². The molecule has 120 valence electrons. The molecule has 0 saturated heterocycles. The second-order valence-electron chi connectivity index (χ2n) is 6.21. The maximum Gasteiger partial charge on any atom is 0.215 e. The summed E-state index contributed by atoms with van der Waals surface area (Å²) < 4.78 is 2.20. The Labute approximate surface area is 146 Å². The lowest BCUT2D eigenvalue weighted by Crippen LogP contribution is -2.25. The highest BCUT2D eigenvalue weighted by Crippen LogP contribution is 2.35. The Morgan fingerprint density at radius 2 is 1.40 bits per heavy atom. The molecule has 0 fully saturated rings. The van der Waals surface area contributed by atoms with Gasteiger partial charge in [0, 0.05) is 11.9 Å². The second kappa shape index (κ2) is 5.64. The number of para-hydroxylation sites is 3. The van der Waals surface area contributed by atoms with Crippen LogP contribution < -0.4 is 4.90 Å². The molecule has 0 spiro atoms. The van der Waals surface area contributed by atoms with E-state index >= 15 is 0 Å². The van der Waals surface area contributed by atoms with Crippen molar-refractivity contribution in [2.75, 3.05) is 11.4 Å². The predicted molar refractivity (Wildman–Crippen MR) is 104 cm³/mol. The second-order valence-corrected chi connectivity index (χ2v) is 6.21. The summed E-state index contributed by atoms with van der Waals surface area (Å²) >= 11 is 0. The largest absolute Gasteiger partial charge is 0.307 e. The van der Waals surface area contributed by atoms with Gasteiger partial charge >= 0.3 is 0 Å². The molecule has 1 aliphatic heterocycles. The number of benzene rings is 3. The van der Waals surface area contributed by atoms with Crippen LogP contribution >= 0.6 is 0 Å². The van der Waals surface area contributed by atoms with E-state index in [1.54, 1.807) is 0 Å². The maximum absolute atomic E-state index is 4.88. The Morgan fingerprint density at radius 1 is 0.720 bits per heavy atom. The highest BCUT2D eigenvalue weighted by atomic mass is 15.3. The lowest BCUT2D eigenvalue weighted by atomic mass is 10.1. The summed E-state index contributed by atoms with van der Waals surface area (Å²) in [5.41, 5.74) is 5.82. The number of aromatic nitrogens is 2. The summed E-state index contributed by atoms with van der Waals surface area (Å²) in [5, 5.41) is 0. The minimum absolute atomic E-state index is 0.803. The molecule has 4 aromatic rings. The molecule has 0 saturated carbocycles. The van der Waals surface area contributed by atoms with Gasteiger partial charge in [-0.25, -0.2) is 4.98 Å². The highest BCUT2D eigenvalue weighted by Gasteiger charge is 2.23. The zero-order valence-corrected chi connectivity index (χ0v) is 13.7. The van der Waals surface area contributed by atoms with Crippen molar-refractivity contribution >= 4 is 34.4 Å². The Balaban J connectivity index is 1.75. The normalized spacial score (nSPS) is 13.6. The molecule has 0 radical (unpaired) electrons. The molecule has 0 aliphatic carbocycles. The molecule has 1 aromatic heterocycles. The Kier molecular flexibility index (Phi) is 3.17. The smallest absolute Gasteiger partial charge is 0.215 e. The van der Waals surface area contributed by atoms with Gasteiger partial charge in [-0.2, -0.15) is 0 Å². The van der Waals surface area contributed by atoms with Gasteiger partial charge in [0.15, 0.2) is 0 Å². The molecule has 5 rings (SSSR count). The van der Waals surface area contributed by atoms with Gasteiger partial charge in [-0.1, -0.05) is 60.7 Å². The molecule has 3 heteroatoms. The first kappa shape index (κ1) is 14.1. The van der Waals surface area contributed by atoms with Gasteiger partial charge in [0.25, 0.3) is 0 Å². The number of rotatable bonds is 2. The van der Waals surface area contributed by atoms with Crippen molar-refractivity contribution < 1.29 is 0 Å². The molecule has 0 amide bonds. The summed E-state index contributed by atoms with van der Waals surface area (Å²) in [6.07, 6.45) is 2.22. The number of hydrogen-bond donors (Lipinski definition) is 0. The minimum atomic E-state index is 0.803. The molecule has 3 nitrogen and oxygen atoms in total. The van der Waals surface area contributed by atoms with E-state index in [1.165, 1.54) is 11.1 Å². The van der Waals surface area contributed by atoms with Gasteiger partial charge in [0.05, 0.1) is 17.6 Å². The molecular formula is C22H17N3. The molecule has 0 bridgehead atoms. The van der Waals surface area contributed by atoms with Gasteiger partial charge in [-0.15, -0.1) is 0 Å². The zero-order valence-electron chi connectivity index (χ0n) is 13.7. The fourth-order valence-corrected chi connectivity index (χ4v) is 3.42. The van der Waals surface area contributed by atoms with Gasteiger partial charge in [-0.05, 0) is 35.4 Å². The highest BCUT2D eigenvalue weighted by molar-refractivity contribution is 5.91. The standard InChI is InChI=1S/C22H17N3/c1-3-9-17(10-4-1)18-15-24(19-11-5-2-6-12-19)22-23-20-13-7-8-14-21(20)25(22)16-18/h1-14,16H,15H2. The zero-order chi connectivity index (χ0) is 16.6. The van der Waals surface area contributed by atoms with Crippen molar-refractivity contribution in [3.63, 3.8) is 0 Å². The molecule has 25 heavy (non-hydrogen) atoms. The quantitative estimate of drug-likeness (QED) is 0.506. The maximum atomic E-state index is 4.88. The molecular weight excluding hydrogens is 306 g/mol. The van der Waals surface area contributed by atoms with E-state index in [1.807, 2.05) is 12.1 Å². The predicted octanol–water partition coefficient (Wildman–Crippen LogP) is 5.19. The third-order valence-corrected chi connectivity index (χ3v) is 4.64. The summed E-state index contributed by atoms with van der Waals surface area (Å²) in [6.45, 7) is 0.803. The van der Waals surface area contributed by atoms with E-state index in [2.05, 4.69) is 88.5 Å². The molecule has 0 atom stereocenters. The van der Waals surface area contributed by atoms with Crippen molar-refractivity contribution in [1.29, 1.82) is 0 Å². The first-order valence-electron chi connectivity index (χ1n) is 8.46. The average molecular weight is 323 g/mol. The summed E-state index contributed by atoms with van der Waals surface area (Å²) in [4.78, 5) is 7.16. The van der Waals surface area contributed by atoms with Crippen LogP contribution in [0.5, 0.6) is 0 Å². The molecule has 0 unspecified atom stereocenters. The summed E-state index contributed by atoms with van der Waals surface area (Å²) in [7, 11) is 0. The van der Waals surface area contributed by atoms with Gasteiger partial charge < -0.3 is 4.90 Å². The third-order valence-electron chi connectivity index (χ3n) is 4.64. The van der Waals surface area contributed by atoms with Crippen LogP contribution in [0, 0.1) is 0 Å². The van der Waals surface area contributed by atoms with E-state index in [9.17, 15) is 0 Å². The van der Waals surface area contributed by atoms with Crippen molar-refractivity contribution in [1.82, 2.24) is 9.55 Å². The minimum Gasteiger partial charge on any atom is -0.307 e. The van der Waals surface area contributed by atoms with Crippen molar-refractivity contribution in [3.05, 3.63) is 90.5 Å². The van der Waals surface area contributed by atoms with Crippen LogP contribution in [0.4, 0.5) is 11.6 Å². The molecule has 0 N–H and O–H groups in total. The Morgan fingerprint density at radius 3 is 2.20 bits per heavy atom. The Hall–Kier alpha value is -3.33. The number of anilines is 2. The third kappa shape index (κ3) is 2.32. The van der Waals surface area contributed by atoms with E-state index in [0.29, 0.717) is 0 Å². The first-order valence-corrected chi connectivity index (χ1v) is 8.46. The topological polar surface area (TPSA) is 21.1 Å². The van der Waals surface area contributed by atoms with Crippen LogP contribution in [0.25, 0.3) is 22.8 Å². The summed E-state index contributed by atoms with van der Waals surface area (Å²) in [5.74, 6) is 0.965. The van der Waals surface area contributed by atoms with Crippen LogP contribution in [-0.2, 0) is 0 Å². The van der Waals surface area contributed by atoms with Gasteiger partial charge in [0.2, 0.25) is 5.95 Å². The van der Waals surface area contributed by atoms with Gasteiger partial charge in [0.1, 0.15) is 0 Å². The number of nitrogens with zero attached hydrogens (tertiary/aromatic N) is 3. The number of hydrogen-bond acceptors (Lipinski definition) is 2. The van der Waals surface area contributed by atoms with Crippen LogP contribution in [0.2, 0.25) is 0 Å². The van der Waals surface area contributed by atoms with Crippen molar-refractivity contribution in [2.24, 2.45) is 0 Å². The fraction of sp³-hybridized carbons (Fsp3) is 0.0455. The van der Waals surface area contributed by atoms with Gasteiger partial charge in [-0.3, -0.25) is 4.57 Å². The molecule has 2 heterocycles. The Bertz CT molecular complexity index is 1060. The monoisotopic (exact) mass is 323 g/mol. The molecule has 1 aliphatic rings. The SMILES string of the molecule is C1=C(c2ccccc2)CN(c2ccccc2)c2nc3ccccc3n21. The fourth-order valence-electron chi connectivity index (χ4n) is 3.42. The van der Waals surface area contributed by atoms with E-state index < -0.39 is 0 Å². The van der Waals surface area contributed by atoms with Crippen LogP contribution in [0.15, 0.2) is 84.9 Å². The van der Waals surface area contributed by atoms with Crippen molar-refractivity contribution in [3.8, 4) is 0 Å². The van der Waals surface area contributed by atoms with Crippen LogP contribution in [0.3, 0.4) is 0 Å². The van der Waals surface area contributed by atoms with E-state index in [-0.39, 0.29) is 0 Å². The van der Waals surface area contributed by atoms with Crippen LogP contribution in [-0.4, -0.2) is 16.1 Å². The lowest BCUT2D eigenvalue weighted by molar-refractivity contribution is 0.970. The van der Waals surface area contributed by atoms with Crippen LogP contribution in [0.1, 0.15) is 5.56 Å². The average Bonchev–Trinajstić information content (AvgIpc) is 3.07. The van der Waals surface area contributed by atoms with E-state index in [0.717, 1.165) is 29.2 Å². The molecule has 3 aromatic carbocycles. The number of imidazole rings is 1. The lowest BCUT2D eigenvalue weighted by Gasteiger charge is -2.29.